The Labute approximate surface area is 116 Å². The topological polar surface area (TPSA) is 79.5 Å². The minimum atomic E-state index is -1.84. The summed E-state index contributed by atoms with van der Waals surface area (Å²) in [5.41, 5.74) is -0.265. The van der Waals surface area contributed by atoms with E-state index in [1.807, 2.05) is 0 Å². The molecule has 1 aromatic heterocycles. The van der Waals surface area contributed by atoms with Gasteiger partial charge in [-0.15, -0.1) is 0 Å². The van der Waals surface area contributed by atoms with Gasteiger partial charge in [0.2, 0.25) is 0 Å². The predicted molar refractivity (Wildman–Crippen MR) is 74.4 cm³/mol. The van der Waals surface area contributed by atoms with Crippen LogP contribution in [0.25, 0.3) is 11.3 Å². The number of nitrogens with zero attached hydrogens (tertiary/aromatic N) is 3. The fourth-order valence-corrected chi connectivity index (χ4v) is 2.49. The Morgan fingerprint density at radius 2 is 2.15 bits per heavy atom. The number of rotatable bonds is 1. The molecule has 0 fully saturated rings. The smallest absolute Gasteiger partial charge is 0.293 e. The number of hydrogen-bond acceptors (Lipinski definition) is 5. The van der Waals surface area contributed by atoms with Crippen molar-refractivity contribution in [2.24, 2.45) is 0 Å². The number of nitro benzene ring substituents is 1. The molecule has 0 bridgehead atoms. The van der Waals surface area contributed by atoms with Crippen LogP contribution < -0.4 is 4.90 Å². The zero-order chi connectivity index (χ0) is 14.5. The Balaban J connectivity index is 2.41. The van der Waals surface area contributed by atoms with Gasteiger partial charge in [-0.05, 0) is 6.07 Å². The van der Waals surface area contributed by atoms with Gasteiger partial charge in [-0.1, -0.05) is 18.2 Å². The van der Waals surface area contributed by atoms with Crippen LogP contribution in [0.2, 0.25) is 0 Å². The van der Waals surface area contributed by atoms with Gasteiger partial charge < -0.3 is 10.0 Å². The van der Waals surface area contributed by atoms with Crippen LogP contribution in [0.5, 0.6) is 0 Å². The van der Waals surface area contributed by atoms with E-state index >= 15 is 0 Å². The summed E-state index contributed by atoms with van der Waals surface area (Å²) in [5.74, 6) is 0. The number of fused-ring (bicyclic) bond motifs is 3. The number of pyridine rings is 1. The largest absolute Gasteiger partial charge is 0.376 e. The molecule has 98 valence electrons. The minimum Gasteiger partial charge on any atom is -0.376 e. The molecule has 7 heteroatoms. The van der Waals surface area contributed by atoms with Gasteiger partial charge in [0.25, 0.3) is 5.69 Å². The molecule has 1 aliphatic heterocycles. The lowest BCUT2D eigenvalue weighted by Crippen LogP contribution is -2.47. The fraction of sp³-hybridized carbons (Fsp3) is 0.154. The highest BCUT2D eigenvalue weighted by atomic mass is 16.6. The molecule has 1 aliphatic rings. The van der Waals surface area contributed by atoms with Gasteiger partial charge in [0.15, 0.2) is 7.85 Å². The van der Waals surface area contributed by atoms with Crippen molar-refractivity contribution in [3.63, 3.8) is 0 Å². The second kappa shape index (κ2) is 4.04. The van der Waals surface area contributed by atoms with E-state index in [4.69, 9.17) is 7.85 Å². The van der Waals surface area contributed by atoms with Gasteiger partial charge in [-0.3, -0.25) is 15.1 Å². The normalized spacial score (nSPS) is 20.2. The van der Waals surface area contributed by atoms with E-state index < -0.39 is 10.5 Å². The maximum absolute atomic E-state index is 11.2. The minimum absolute atomic E-state index is 0.120. The van der Waals surface area contributed by atoms with Gasteiger partial charge in [0.05, 0.1) is 10.6 Å². The van der Waals surface area contributed by atoms with Crippen LogP contribution in [-0.2, 0) is 5.62 Å². The third kappa shape index (κ3) is 1.53. The highest BCUT2D eigenvalue weighted by Gasteiger charge is 2.40. The molecule has 3 rings (SSSR count). The number of hydrogen-bond donors (Lipinski definition) is 1. The summed E-state index contributed by atoms with van der Waals surface area (Å²) in [6.07, 6.45) is 1.56. The number of anilines is 1. The third-order valence-electron chi connectivity index (χ3n) is 3.52. The van der Waals surface area contributed by atoms with Gasteiger partial charge in [-0.25, -0.2) is 0 Å². The van der Waals surface area contributed by atoms with E-state index in [-0.39, 0.29) is 11.4 Å². The third-order valence-corrected chi connectivity index (χ3v) is 3.52. The van der Waals surface area contributed by atoms with Gasteiger partial charge in [-0.2, -0.15) is 0 Å². The van der Waals surface area contributed by atoms with Crippen LogP contribution in [-0.4, -0.2) is 29.9 Å². The zero-order valence-corrected chi connectivity index (χ0v) is 10.6. The first-order chi connectivity index (χ1) is 9.44. The van der Waals surface area contributed by atoms with Gasteiger partial charge >= 0.3 is 0 Å². The molecule has 0 saturated heterocycles. The summed E-state index contributed by atoms with van der Waals surface area (Å²) < 4.78 is 0. The summed E-state index contributed by atoms with van der Waals surface area (Å²) in [4.78, 5) is 16.2. The Hall–Kier alpha value is -2.41. The zero-order valence-electron chi connectivity index (χ0n) is 10.6. The van der Waals surface area contributed by atoms with E-state index in [1.54, 1.807) is 30.5 Å². The molecular formula is C13H10BN3O3. The molecule has 1 N–H and O–H groups in total. The number of aromatic nitrogens is 1. The lowest BCUT2D eigenvalue weighted by atomic mass is 9.77. The van der Waals surface area contributed by atoms with Crippen LogP contribution in [0.15, 0.2) is 36.5 Å². The van der Waals surface area contributed by atoms with Crippen molar-refractivity contribution >= 4 is 19.2 Å². The summed E-state index contributed by atoms with van der Waals surface area (Å²) in [7, 11) is 7.45. The maximum atomic E-state index is 11.2. The molecular weight excluding hydrogens is 257 g/mol. The molecule has 0 spiro atoms. The van der Waals surface area contributed by atoms with Crippen molar-refractivity contribution in [2.45, 2.75) is 5.62 Å². The summed E-state index contributed by atoms with van der Waals surface area (Å²) >= 11 is 0. The van der Waals surface area contributed by atoms with Crippen molar-refractivity contribution in [1.29, 1.82) is 0 Å². The first-order valence-corrected chi connectivity index (χ1v) is 5.93. The molecule has 0 amide bonds. The molecule has 0 aliphatic carbocycles. The van der Waals surface area contributed by atoms with Crippen LogP contribution in [0.1, 0.15) is 5.56 Å². The standard InChI is InChI=1S/C13H10BN3O3/c1-16-12-8(4-2-6-10(12)17(19)20)11-9(13(16,14)18)5-3-7-15-11/h2-7,18H,1H3. The first-order valence-electron chi connectivity index (χ1n) is 5.93. The molecule has 2 radical (unpaired) electrons. The first kappa shape index (κ1) is 12.6. The number of para-hydroxylation sites is 1. The SMILES string of the molecule is [B]C1(O)c2cccnc2-c2cccc([N+](=O)[O-])c2N1C. The molecule has 1 atom stereocenters. The second-order valence-electron chi connectivity index (χ2n) is 4.62. The Kier molecular flexibility index (Phi) is 2.55. The van der Waals surface area contributed by atoms with E-state index in [2.05, 4.69) is 4.98 Å². The van der Waals surface area contributed by atoms with Gasteiger partial charge in [0.1, 0.15) is 11.3 Å². The molecule has 20 heavy (non-hydrogen) atoms. The van der Waals surface area contributed by atoms with Crippen molar-refractivity contribution in [3.8, 4) is 11.3 Å². The lowest BCUT2D eigenvalue weighted by Gasteiger charge is -2.41. The average Bonchev–Trinajstić information content (AvgIpc) is 2.44. The lowest BCUT2D eigenvalue weighted by molar-refractivity contribution is -0.384. The van der Waals surface area contributed by atoms with Crippen LogP contribution >= 0.6 is 0 Å². The highest BCUT2D eigenvalue weighted by Crippen LogP contribution is 2.47. The number of nitro groups is 1. The number of benzene rings is 1. The van der Waals surface area contributed by atoms with E-state index in [1.165, 1.54) is 18.0 Å². The van der Waals surface area contributed by atoms with Crippen LogP contribution in [0.3, 0.4) is 0 Å². The Bertz CT molecular complexity index is 718. The monoisotopic (exact) mass is 267 g/mol. The van der Waals surface area contributed by atoms with E-state index in [9.17, 15) is 15.2 Å². The average molecular weight is 267 g/mol. The molecule has 2 heterocycles. The van der Waals surface area contributed by atoms with Crippen molar-refractivity contribution in [1.82, 2.24) is 4.98 Å². The molecule has 0 saturated carbocycles. The van der Waals surface area contributed by atoms with Crippen LogP contribution in [0.4, 0.5) is 11.4 Å². The van der Waals surface area contributed by atoms with E-state index in [0.717, 1.165) is 0 Å². The number of aliphatic hydroxyl groups is 1. The molecule has 1 aromatic carbocycles. The van der Waals surface area contributed by atoms with Crippen molar-refractivity contribution in [2.75, 3.05) is 11.9 Å². The van der Waals surface area contributed by atoms with Gasteiger partial charge in [0, 0.05) is 30.4 Å². The highest BCUT2D eigenvalue weighted by molar-refractivity contribution is 6.18. The maximum Gasteiger partial charge on any atom is 0.293 e. The summed E-state index contributed by atoms with van der Waals surface area (Å²) in [6, 6.07) is 8.00. The Morgan fingerprint density at radius 1 is 1.40 bits per heavy atom. The molecule has 2 aromatic rings. The predicted octanol–water partition coefficient (Wildman–Crippen LogP) is 1.38. The Morgan fingerprint density at radius 3 is 2.85 bits per heavy atom. The fourth-order valence-electron chi connectivity index (χ4n) is 2.49. The van der Waals surface area contributed by atoms with Crippen molar-refractivity contribution < 1.29 is 10.0 Å². The van der Waals surface area contributed by atoms with Crippen molar-refractivity contribution in [3.05, 3.63) is 52.2 Å². The van der Waals surface area contributed by atoms with E-state index in [0.29, 0.717) is 16.8 Å². The summed E-state index contributed by atoms with van der Waals surface area (Å²) in [6.45, 7) is 0. The second-order valence-corrected chi connectivity index (χ2v) is 4.62. The molecule has 6 nitrogen and oxygen atoms in total. The molecule has 1 unspecified atom stereocenters. The quantitative estimate of drug-likeness (QED) is 0.479. The van der Waals surface area contributed by atoms with Crippen LogP contribution in [0, 0.1) is 10.1 Å². The summed E-state index contributed by atoms with van der Waals surface area (Å²) in [5, 5.41) is 21.7.